The molecule has 96 valence electrons. The molecule has 0 amide bonds. The normalized spacial score (nSPS) is 11.4. The van der Waals surface area contributed by atoms with Crippen LogP contribution in [0, 0.1) is 0 Å². The minimum Gasteiger partial charge on any atom is -0.266 e. The second-order valence-electron chi connectivity index (χ2n) is 3.58. The van der Waals surface area contributed by atoms with Crippen molar-refractivity contribution in [3.05, 3.63) is 46.8 Å². The highest BCUT2D eigenvalue weighted by Gasteiger charge is 2.24. The van der Waals surface area contributed by atoms with Crippen LogP contribution in [-0.2, 0) is 10.0 Å². The van der Waals surface area contributed by atoms with Crippen LogP contribution in [0.5, 0.6) is 0 Å². The molecule has 6 heteroatoms. The van der Waals surface area contributed by atoms with Gasteiger partial charge in [-0.05, 0) is 36.6 Å². The lowest BCUT2D eigenvalue weighted by Gasteiger charge is -2.22. The van der Waals surface area contributed by atoms with E-state index in [1.165, 1.54) is 15.6 Å². The van der Waals surface area contributed by atoms with Crippen LogP contribution < -0.4 is 4.31 Å². The van der Waals surface area contributed by atoms with E-state index in [9.17, 15) is 8.42 Å². The van der Waals surface area contributed by atoms with Crippen LogP contribution in [0.25, 0.3) is 0 Å². The molecule has 0 saturated heterocycles. The van der Waals surface area contributed by atoms with E-state index in [0.717, 1.165) is 0 Å². The van der Waals surface area contributed by atoms with E-state index in [2.05, 4.69) is 0 Å². The molecule has 0 aliphatic rings. The molecule has 0 spiro atoms. The van der Waals surface area contributed by atoms with E-state index in [4.69, 9.17) is 11.6 Å². The van der Waals surface area contributed by atoms with Crippen LogP contribution in [0.4, 0.5) is 5.69 Å². The van der Waals surface area contributed by atoms with Gasteiger partial charge in [-0.15, -0.1) is 11.3 Å². The third-order valence-electron chi connectivity index (χ3n) is 2.42. The Morgan fingerprint density at radius 2 is 2.06 bits per heavy atom. The highest BCUT2D eigenvalue weighted by molar-refractivity contribution is 7.94. The van der Waals surface area contributed by atoms with Crippen molar-refractivity contribution in [2.45, 2.75) is 11.1 Å². The van der Waals surface area contributed by atoms with E-state index in [0.29, 0.717) is 21.5 Å². The summed E-state index contributed by atoms with van der Waals surface area (Å²) in [4.78, 5) is 0. The first-order valence-corrected chi connectivity index (χ1v) is 8.07. The molecule has 0 aliphatic carbocycles. The van der Waals surface area contributed by atoms with Crippen molar-refractivity contribution in [2.75, 3.05) is 10.8 Å². The number of nitrogens with zero attached hydrogens (tertiary/aromatic N) is 1. The van der Waals surface area contributed by atoms with Crippen molar-refractivity contribution in [3.63, 3.8) is 0 Å². The summed E-state index contributed by atoms with van der Waals surface area (Å²) in [6.45, 7) is 2.16. The van der Waals surface area contributed by atoms with E-state index < -0.39 is 10.0 Å². The van der Waals surface area contributed by atoms with Gasteiger partial charge in [0.15, 0.2) is 0 Å². The average molecular weight is 302 g/mol. The lowest BCUT2D eigenvalue weighted by Crippen LogP contribution is -2.30. The zero-order chi connectivity index (χ0) is 13.2. The molecule has 1 heterocycles. The quantitative estimate of drug-likeness (QED) is 0.865. The lowest BCUT2D eigenvalue weighted by atomic mass is 10.3. The zero-order valence-electron chi connectivity index (χ0n) is 9.71. The first-order valence-electron chi connectivity index (χ1n) is 5.37. The molecule has 0 bridgehead atoms. The van der Waals surface area contributed by atoms with Gasteiger partial charge < -0.3 is 0 Å². The highest BCUT2D eigenvalue weighted by Crippen LogP contribution is 2.27. The maximum atomic E-state index is 12.4. The molecule has 1 aromatic heterocycles. The molecule has 0 unspecified atom stereocenters. The summed E-state index contributed by atoms with van der Waals surface area (Å²) in [7, 11) is -3.48. The molecule has 1 aromatic carbocycles. The Hall–Kier alpha value is -1.04. The van der Waals surface area contributed by atoms with Gasteiger partial charge in [-0.25, -0.2) is 8.42 Å². The van der Waals surface area contributed by atoms with Crippen molar-refractivity contribution < 1.29 is 8.42 Å². The Kier molecular flexibility index (Phi) is 3.94. The molecule has 0 atom stereocenters. The minimum atomic E-state index is -3.48. The van der Waals surface area contributed by atoms with Gasteiger partial charge in [-0.3, -0.25) is 4.31 Å². The second-order valence-corrected chi connectivity index (χ2v) is 7.06. The molecule has 18 heavy (non-hydrogen) atoms. The van der Waals surface area contributed by atoms with Crippen molar-refractivity contribution >= 4 is 38.6 Å². The number of anilines is 1. The molecule has 2 aromatic rings. The van der Waals surface area contributed by atoms with Crippen LogP contribution in [-0.4, -0.2) is 15.0 Å². The Morgan fingerprint density at radius 3 is 2.61 bits per heavy atom. The van der Waals surface area contributed by atoms with Gasteiger partial charge in [0.2, 0.25) is 0 Å². The maximum absolute atomic E-state index is 12.4. The van der Waals surface area contributed by atoms with Gasteiger partial charge in [-0.1, -0.05) is 23.7 Å². The molecule has 0 aliphatic heterocycles. The molecule has 3 nitrogen and oxygen atoms in total. The van der Waals surface area contributed by atoms with Crippen LogP contribution in [0.1, 0.15) is 6.92 Å². The number of rotatable bonds is 4. The predicted octanol–water partition coefficient (Wildman–Crippen LogP) is 3.62. The predicted molar refractivity (Wildman–Crippen MR) is 76.0 cm³/mol. The standard InChI is InChI=1S/C12H12ClNO2S2/c1-2-14(11-6-3-5-10(13)9-11)18(15,16)12-7-4-8-17-12/h3-9H,2H2,1H3. The number of halogens is 1. The number of hydrogen-bond donors (Lipinski definition) is 0. The fraction of sp³-hybridized carbons (Fsp3) is 0.167. The Bertz CT molecular complexity index is 623. The Balaban J connectivity index is 2.47. The van der Waals surface area contributed by atoms with Crippen LogP contribution >= 0.6 is 22.9 Å². The number of thiophene rings is 1. The fourth-order valence-electron chi connectivity index (χ4n) is 1.64. The minimum absolute atomic E-state index is 0.337. The summed E-state index contributed by atoms with van der Waals surface area (Å²) >= 11 is 7.11. The maximum Gasteiger partial charge on any atom is 0.273 e. The largest absolute Gasteiger partial charge is 0.273 e. The molecule has 0 N–H and O–H groups in total. The van der Waals surface area contributed by atoms with Crippen molar-refractivity contribution in [1.29, 1.82) is 0 Å². The summed E-state index contributed by atoms with van der Waals surface area (Å²) in [5.74, 6) is 0. The van der Waals surface area contributed by atoms with Crippen LogP contribution in [0.2, 0.25) is 5.02 Å². The molecule has 0 fully saturated rings. The van der Waals surface area contributed by atoms with Crippen molar-refractivity contribution in [2.24, 2.45) is 0 Å². The SMILES string of the molecule is CCN(c1cccc(Cl)c1)S(=O)(=O)c1cccs1. The summed E-state index contributed by atoms with van der Waals surface area (Å²) in [5, 5.41) is 2.27. The number of benzene rings is 1. The van der Waals surface area contributed by atoms with Gasteiger partial charge >= 0.3 is 0 Å². The molecule has 0 saturated carbocycles. The summed E-state index contributed by atoms with van der Waals surface area (Å²) < 4.78 is 26.5. The Labute approximate surface area is 116 Å². The summed E-state index contributed by atoms with van der Waals surface area (Å²) in [5.41, 5.74) is 0.582. The summed E-state index contributed by atoms with van der Waals surface area (Å²) in [6, 6.07) is 10.2. The third kappa shape index (κ3) is 2.53. The van der Waals surface area contributed by atoms with Crippen molar-refractivity contribution in [3.8, 4) is 0 Å². The molecule has 2 rings (SSSR count). The van der Waals surface area contributed by atoms with Gasteiger partial charge in [0.1, 0.15) is 4.21 Å². The number of hydrogen-bond acceptors (Lipinski definition) is 3. The van der Waals surface area contributed by atoms with Gasteiger partial charge in [0, 0.05) is 11.6 Å². The summed E-state index contributed by atoms with van der Waals surface area (Å²) in [6.07, 6.45) is 0. The molecule has 0 radical (unpaired) electrons. The smallest absolute Gasteiger partial charge is 0.266 e. The average Bonchev–Trinajstić information content (AvgIpc) is 2.83. The van der Waals surface area contributed by atoms with E-state index >= 15 is 0 Å². The monoisotopic (exact) mass is 301 g/mol. The second kappa shape index (κ2) is 5.30. The van der Waals surface area contributed by atoms with Gasteiger partial charge in [0.05, 0.1) is 5.69 Å². The number of sulfonamides is 1. The first kappa shape index (κ1) is 13.4. The van der Waals surface area contributed by atoms with E-state index in [1.54, 1.807) is 48.7 Å². The molecular formula is C12H12ClNO2S2. The highest BCUT2D eigenvalue weighted by atomic mass is 35.5. The van der Waals surface area contributed by atoms with Gasteiger partial charge in [0.25, 0.3) is 10.0 Å². The van der Waals surface area contributed by atoms with Crippen molar-refractivity contribution in [1.82, 2.24) is 0 Å². The first-order chi connectivity index (χ1) is 8.55. The lowest BCUT2D eigenvalue weighted by molar-refractivity contribution is 0.594. The topological polar surface area (TPSA) is 37.4 Å². The van der Waals surface area contributed by atoms with E-state index in [1.807, 2.05) is 0 Å². The fourth-order valence-corrected chi connectivity index (χ4v) is 4.40. The van der Waals surface area contributed by atoms with Crippen LogP contribution in [0.3, 0.4) is 0 Å². The Morgan fingerprint density at radius 1 is 1.28 bits per heavy atom. The molecular weight excluding hydrogens is 290 g/mol. The van der Waals surface area contributed by atoms with E-state index in [-0.39, 0.29) is 0 Å². The third-order valence-corrected chi connectivity index (χ3v) is 5.93. The zero-order valence-corrected chi connectivity index (χ0v) is 12.1. The van der Waals surface area contributed by atoms with Gasteiger partial charge in [-0.2, -0.15) is 0 Å². The van der Waals surface area contributed by atoms with Crippen LogP contribution in [0.15, 0.2) is 46.0 Å².